The summed E-state index contributed by atoms with van der Waals surface area (Å²) in [6.45, 7) is 3.47. The van der Waals surface area contributed by atoms with Crippen LogP contribution in [0.3, 0.4) is 0 Å². The highest BCUT2D eigenvalue weighted by Crippen LogP contribution is 2.25. The molecule has 1 N–H and O–H groups in total. The Kier molecular flexibility index (Phi) is 4.11. The van der Waals surface area contributed by atoms with Gasteiger partial charge in [-0.1, -0.05) is 30.3 Å². The number of nitrogens with zero attached hydrogens (tertiary/aromatic N) is 3. The summed E-state index contributed by atoms with van der Waals surface area (Å²) in [6.07, 6.45) is 0. The number of rotatable bonds is 4. The van der Waals surface area contributed by atoms with Gasteiger partial charge in [-0.2, -0.15) is 0 Å². The van der Waals surface area contributed by atoms with Crippen LogP contribution in [0.15, 0.2) is 54.6 Å². The molecule has 24 heavy (non-hydrogen) atoms. The smallest absolute Gasteiger partial charge is 0.246 e. The minimum Gasteiger partial charge on any atom is -0.383 e. The van der Waals surface area contributed by atoms with Gasteiger partial charge in [0.2, 0.25) is 5.91 Å². The lowest BCUT2D eigenvalue weighted by Gasteiger charge is -2.22. The van der Waals surface area contributed by atoms with Gasteiger partial charge in [0.1, 0.15) is 18.0 Å². The molecule has 0 saturated heterocycles. The Labute approximate surface area is 141 Å². The third-order valence-corrected chi connectivity index (χ3v) is 4.01. The van der Waals surface area contributed by atoms with Crippen LogP contribution in [0.25, 0.3) is 11.0 Å². The molecule has 1 heterocycles. The van der Waals surface area contributed by atoms with Gasteiger partial charge in [0, 0.05) is 12.7 Å². The lowest BCUT2D eigenvalue weighted by molar-refractivity contribution is -0.118. The van der Waals surface area contributed by atoms with Gasteiger partial charge in [0.15, 0.2) is 0 Å². The third-order valence-electron chi connectivity index (χ3n) is 4.01. The summed E-state index contributed by atoms with van der Waals surface area (Å²) in [7, 11) is 1.75. The number of amides is 1. The van der Waals surface area contributed by atoms with Gasteiger partial charge in [-0.3, -0.25) is 4.79 Å². The van der Waals surface area contributed by atoms with Gasteiger partial charge in [0.05, 0.1) is 11.0 Å². The van der Waals surface area contributed by atoms with Crippen LogP contribution in [0.1, 0.15) is 19.7 Å². The predicted octanol–water partition coefficient (Wildman–Crippen LogP) is 2.93. The summed E-state index contributed by atoms with van der Waals surface area (Å²) >= 11 is 0. The SMILES string of the molecule is CN(C(=O)Cn1c(C(C)(C)O)nc2ccccc21)c1ccccc1. The van der Waals surface area contributed by atoms with Gasteiger partial charge in [0.25, 0.3) is 0 Å². The van der Waals surface area contributed by atoms with Crippen LogP contribution in [0, 0.1) is 0 Å². The Balaban J connectivity index is 1.99. The quantitative estimate of drug-likeness (QED) is 0.803. The Morgan fingerprint density at radius 3 is 2.42 bits per heavy atom. The summed E-state index contributed by atoms with van der Waals surface area (Å²) in [6, 6.07) is 17.1. The number of aromatic nitrogens is 2. The van der Waals surface area contributed by atoms with Gasteiger partial charge in [-0.15, -0.1) is 0 Å². The number of benzene rings is 2. The molecule has 124 valence electrons. The number of para-hydroxylation sites is 3. The van der Waals surface area contributed by atoms with E-state index in [2.05, 4.69) is 4.98 Å². The maximum Gasteiger partial charge on any atom is 0.246 e. The molecular formula is C19H21N3O2. The summed E-state index contributed by atoms with van der Waals surface area (Å²) < 4.78 is 1.79. The van der Waals surface area contributed by atoms with Crippen molar-refractivity contribution < 1.29 is 9.90 Å². The summed E-state index contributed by atoms with van der Waals surface area (Å²) in [5, 5.41) is 10.4. The van der Waals surface area contributed by atoms with E-state index in [9.17, 15) is 9.90 Å². The first-order valence-corrected chi connectivity index (χ1v) is 7.87. The number of carbonyl (C=O) groups excluding carboxylic acids is 1. The number of hydrogen-bond acceptors (Lipinski definition) is 3. The zero-order valence-corrected chi connectivity index (χ0v) is 14.1. The average Bonchev–Trinajstić information content (AvgIpc) is 2.94. The lowest BCUT2D eigenvalue weighted by Crippen LogP contribution is -2.32. The molecule has 0 aliphatic carbocycles. The van der Waals surface area contributed by atoms with E-state index < -0.39 is 5.60 Å². The fraction of sp³-hybridized carbons (Fsp3) is 0.263. The fourth-order valence-corrected chi connectivity index (χ4v) is 2.74. The normalized spacial score (nSPS) is 11.7. The molecule has 5 heteroatoms. The van der Waals surface area contributed by atoms with Crippen LogP contribution in [-0.4, -0.2) is 27.6 Å². The minimum atomic E-state index is -1.13. The van der Waals surface area contributed by atoms with Crippen LogP contribution >= 0.6 is 0 Å². The van der Waals surface area contributed by atoms with E-state index in [4.69, 9.17) is 0 Å². The van der Waals surface area contributed by atoms with Crippen molar-refractivity contribution in [2.45, 2.75) is 26.0 Å². The highest BCUT2D eigenvalue weighted by atomic mass is 16.3. The molecule has 0 bridgehead atoms. The molecule has 0 saturated carbocycles. The van der Waals surface area contributed by atoms with Crippen LogP contribution in [0.2, 0.25) is 0 Å². The van der Waals surface area contributed by atoms with E-state index in [1.54, 1.807) is 30.4 Å². The van der Waals surface area contributed by atoms with Gasteiger partial charge in [-0.25, -0.2) is 4.98 Å². The molecule has 1 aromatic heterocycles. The van der Waals surface area contributed by atoms with Crippen LogP contribution in [0.4, 0.5) is 5.69 Å². The average molecular weight is 323 g/mol. The molecule has 0 radical (unpaired) electrons. The molecule has 2 aromatic carbocycles. The van der Waals surface area contributed by atoms with Gasteiger partial charge in [-0.05, 0) is 38.1 Å². The molecule has 5 nitrogen and oxygen atoms in total. The van der Waals surface area contributed by atoms with Crippen molar-refractivity contribution in [3.05, 3.63) is 60.4 Å². The van der Waals surface area contributed by atoms with Crippen molar-refractivity contribution in [1.82, 2.24) is 9.55 Å². The molecule has 0 aliphatic rings. The molecule has 3 aromatic rings. The van der Waals surface area contributed by atoms with Crippen molar-refractivity contribution in [2.24, 2.45) is 0 Å². The van der Waals surface area contributed by atoms with E-state index in [-0.39, 0.29) is 12.5 Å². The molecule has 0 spiro atoms. The number of carbonyl (C=O) groups is 1. The largest absolute Gasteiger partial charge is 0.383 e. The molecule has 0 aliphatic heterocycles. The molecule has 0 fully saturated rings. The second kappa shape index (κ2) is 6.09. The molecular weight excluding hydrogens is 302 g/mol. The predicted molar refractivity (Wildman–Crippen MR) is 94.8 cm³/mol. The number of anilines is 1. The zero-order valence-electron chi connectivity index (χ0n) is 14.1. The first-order valence-electron chi connectivity index (χ1n) is 7.87. The van der Waals surface area contributed by atoms with Gasteiger partial charge < -0.3 is 14.6 Å². The Hall–Kier alpha value is -2.66. The van der Waals surface area contributed by atoms with Crippen LogP contribution in [-0.2, 0) is 16.9 Å². The maximum atomic E-state index is 12.7. The Morgan fingerprint density at radius 1 is 1.12 bits per heavy atom. The van der Waals surface area contributed by atoms with Crippen LogP contribution in [0.5, 0.6) is 0 Å². The van der Waals surface area contributed by atoms with E-state index in [1.165, 1.54) is 0 Å². The number of imidazole rings is 1. The van der Waals surface area contributed by atoms with Crippen molar-refractivity contribution in [2.75, 3.05) is 11.9 Å². The number of aliphatic hydroxyl groups is 1. The second-order valence-corrected chi connectivity index (χ2v) is 6.36. The van der Waals surface area contributed by atoms with Crippen molar-refractivity contribution in [1.29, 1.82) is 0 Å². The number of fused-ring (bicyclic) bond motifs is 1. The molecule has 0 unspecified atom stereocenters. The maximum absolute atomic E-state index is 12.7. The second-order valence-electron chi connectivity index (χ2n) is 6.36. The standard InChI is InChI=1S/C19H21N3O2/c1-19(2,24)18-20-15-11-7-8-12-16(15)22(18)13-17(23)21(3)14-9-5-4-6-10-14/h4-12,24H,13H2,1-3H3. The topological polar surface area (TPSA) is 58.4 Å². The van der Waals surface area contributed by atoms with Gasteiger partial charge >= 0.3 is 0 Å². The zero-order chi connectivity index (χ0) is 17.3. The summed E-state index contributed by atoms with van der Waals surface area (Å²) in [4.78, 5) is 18.9. The summed E-state index contributed by atoms with van der Waals surface area (Å²) in [5.74, 6) is 0.411. The molecule has 3 rings (SSSR count). The van der Waals surface area contributed by atoms with Crippen molar-refractivity contribution in [3.63, 3.8) is 0 Å². The third kappa shape index (κ3) is 3.03. The monoisotopic (exact) mass is 323 g/mol. The number of hydrogen-bond donors (Lipinski definition) is 1. The van der Waals surface area contributed by atoms with Crippen molar-refractivity contribution in [3.8, 4) is 0 Å². The molecule has 0 atom stereocenters. The first-order chi connectivity index (χ1) is 11.4. The molecule has 1 amide bonds. The summed E-state index contributed by atoms with van der Waals surface area (Å²) in [5.41, 5.74) is 1.30. The Morgan fingerprint density at radius 2 is 1.75 bits per heavy atom. The highest BCUT2D eigenvalue weighted by Gasteiger charge is 2.26. The fourth-order valence-electron chi connectivity index (χ4n) is 2.74. The lowest BCUT2D eigenvalue weighted by atomic mass is 10.1. The Bertz CT molecular complexity index is 863. The van der Waals surface area contributed by atoms with Crippen LogP contribution < -0.4 is 4.90 Å². The number of likely N-dealkylation sites (N-methyl/N-ethyl adjacent to an activating group) is 1. The van der Waals surface area contributed by atoms with E-state index in [0.717, 1.165) is 16.7 Å². The van der Waals surface area contributed by atoms with E-state index in [1.807, 2.05) is 54.6 Å². The van der Waals surface area contributed by atoms with E-state index >= 15 is 0 Å². The minimum absolute atomic E-state index is 0.0742. The van der Waals surface area contributed by atoms with Crippen molar-refractivity contribution >= 4 is 22.6 Å². The van der Waals surface area contributed by atoms with E-state index in [0.29, 0.717) is 5.82 Å². The highest BCUT2D eigenvalue weighted by molar-refractivity contribution is 5.93. The first kappa shape index (κ1) is 16.2.